The highest BCUT2D eigenvalue weighted by Gasteiger charge is 2.14. The van der Waals surface area contributed by atoms with E-state index in [9.17, 15) is 21.0 Å². The van der Waals surface area contributed by atoms with E-state index >= 15 is 0 Å². The Kier molecular flexibility index (Phi) is 9.84. The van der Waals surface area contributed by atoms with Crippen LogP contribution >= 0.6 is 0 Å². The Hall–Kier alpha value is -5.42. The molecule has 0 bridgehead atoms. The third kappa shape index (κ3) is 8.29. The first-order valence-corrected chi connectivity index (χ1v) is 13.7. The van der Waals surface area contributed by atoms with E-state index in [1.807, 2.05) is 60.7 Å². The molecule has 0 fully saturated rings. The molecule has 0 N–H and O–H groups in total. The maximum absolute atomic E-state index is 9.46. The zero-order chi connectivity index (χ0) is 30.9. The zero-order valence-corrected chi connectivity index (χ0v) is 25.0. The van der Waals surface area contributed by atoms with Crippen LogP contribution in [0.1, 0.15) is 86.1 Å². The molecule has 0 saturated carbocycles. The minimum absolute atomic E-state index is 0.0232. The van der Waals surface area contributed by atoms with Gasteiger partial charge in [0.2, 0.25) is 0 Å². The summed E-state index contributed by atoms with van der Waals surface area (Å²) in [4.78, 5) is 0. The molecule has 4 nitrogen and oxygen atoms in total. The van der Waals surface area contributed by atoms with Gasteiger partial charge in [0.05, 0.1) is 0 Å². The number of benzene rings is 3. The minimum Gasteiger partial charge on any atom is -0.192 e. The third-order valence-corrected chi connectivity index (χ3v) is 6.83. The highest BCUT2D eigenvalue weighted by atomic mass is 14.3. The lowest BCUT2D eigenvalue weighted by atomic mass is 9.86. The van der Waals surface area contributed by atoms with Crippen molar-refractivity contribution in [3.8, 4) is 24.3 Å². The van der Waals surface area contributed by atoms with Crippen LogP contribution in [0, 0.1) is 45.3 Å². The first-order chi connectivity index (χ1) is 19.9. The van der Waals surface area contributed by atoms with E-state index in [4.69, 9.17) is 0 Å². The smallest absolute Gasteiger partial charge is 0.130 e. The van der Waals surface area contributed by atoms with Gasteiger partial charge in [0, 0.05) is 0 Å². The molecule has 4 heteroatoms. The average Bonchev–Trinajstić information content (AvgIpc) is 2.96. The van der Waals surface area contributed by atoms with Crippen LogP contribution in [0.2, 0.25) is 0 Å². The Labute approximate surface area is 250 Å². The summed E-state index contributed by atoms with van der Waals surface area (Å²) in [5.74, 6) is 0. The molecule has 42 heavy (non-hydrogen) atoms. The number of nitrogens with zero attached hydrogens (tertiary/aromatic N) is 4. The predicted octanol–water partition coefficient (Wildman–Crippen LogP) is 9.48. The summed E-state index contributed by atoms with van der Waals surface area (Å²) in [5.41, 5.74) is 7.32. The van der Waals surface area contributed by atoms with E-state index in [-0.39, 0.29) is 22.0 Å². The SMILES string of the molecule is CC(C)(C)c1ccc(C=Cc2cc(C=C(C#N)C#N)c(C=Cc3ccc(C(C)(C)C)cc3)cc2C=C(C#N)C#N)cc1. The monoisotopic (exact) mass is 546 g/mol. The van der Waals surface area contributed by atoms with Crippen LogP contribution in [0.5, 0.6) is 0 Å². The van der Waals surface area contributed by atoms with Crippen LogP contribution in [-0.4, -0.2) is 0 Å². The van der Waals surface area contributed by atoms with Crippen molar-refractivity contribution in [2.24, 2.45) is 0 Å². The molecule has 206 valence electrons. The maximum Gasteiger partial charge on any atom is 0.130 e. The lowest BCUT2D eigenvalue weighted by molar-refractivity contribution is 0.590. The van der Waals surface area contributed by atoms with E-state index in [1.165, 1.54) is 11.1 Å². The van der Waals surface area contributed by atoms with E-state index in [0.29, 0.717) is 11.1 Å². The van der Waals surface area contributed by atoms with Gasteiger partial charge >= 0.3 is 0 Å². The fourth-order valence-electron chi connectivity index (χ4n) is 4.26. The lowest BCUT2D eigenvalue weighted by Crippen LogP contribution is -2.10. The van der Waals surface area contributed by atoms with Crippen LogP contribution in [-0.2, 0) is 10.8 Å². The number of hydrogen-bond acceptors (Lipinski definition) is 4. The van der Waals surface area contributed by atoms with Gasteiger partial charge in [-0.1, -0.05) is 114 Å². The highest BCUT2D eigenvalue weighted by molar-refractivity contribution is 5.84. The van der Waals surface area contributed by atoms with Crippen molar-refractivity contribution in [1.82, 2.24) is 0 Å². The number of nitriles is 4. The number of allylic oxidation sites excluding steroid dienone is 2. The average molecular weight is 547 g/mol. The van der Waals surface area contributed by atoms with Crippen molar-refractivity contribution < 1.29 is 0 Å². The molecule has 0 aliphatic heterocycles. The second kappa shape index (κ2) is 13.3. The molecular formula is C38H34N4. The molecule has 0 saturated heterocycles. The van der Waals surface area contributed by atoms with Gasteiger partial charge in [-0.25, -0.2) is 0 Å². The van der Waals surface area contributed by atoms with E-state index in [2.05, 4.69) is 90.1 Å². The van der Waals surface area contributed by atoms with Gasteiger partial charge in [0.25, 0.3) is 0 Å². The summed E-state index contributed by atoms with van der Waals surface area (Å²) in [5, 5.41) is 37.8. The van der Waals surface area contributed by atoms with Crippen LogP contribution in [0.4, 0.5) is 0 Å². The van der Waals surface area contributed by atoms with Crippen molar-refractivity contribution in [2.45, 2.75) is 52.4 Å². The van der Waals surface area contributed by atoms with Crippen LogP contribution in [0.15, 0.2) is 71.8 Å². The molecule has 0 unspecified atom stereocenters. The van der Waals surface area contributed by atoms with Crippen molar-refractivity contribution in [3.63, 3.8) is 0 Å². The molecule has 0 amide bonds. The molecule has 0 heterocycles. The standard InChI is InChI=1S/C38H34N4/c1-37(2,3)35-15-9-27(10-16-35)7-13-31-21-34(20-30(25-41)26-42)32(22-33(31)19-29(23-39)24-40)14-8-28-11-17-36(18-12-28)38(4,5)6/h7-22H,1-6H3. The largest absolute Gasteiger partial charge is 0.192 e. The highest BCUT2D eigenvalue weighted by Crippen LogP contribution is 2.28. The summed E-state index contributed by atoms with van der Waals surface area (Å²) in [7, 11) is 0. The molecule has 3 aromatic rings. The summed E-state index contributed by atoms with van der Waals surface area (Å²) in [6.07, 6.45) is 10.9. The normalized spacial score (nSPS) is 11.3. The molecular weight excluding hydrogens is 512 g/mol. The molecule has 0 aliphatic rings. The fraction of sp³-hybridized carbons (Fsp3) is 0.211. The van der Waals surface area contributed by atoms with Crippen molar-refractivity contribution >= 4 is 36.5 Å². The maximum atomic E-state index is 9.46. The molecule has 0 atom stereocenters. The third-order valence-electron chi connectivity index (χ3n) is 6.83. The number of rotatable bonds is 6. The van der Waals surface area contributed by atoms with E-state index in [1.54, 1.807) is 12.2 Å². The second-order valence-electron chi connectivity index (χ2n) is 12.1. The second-order valence-corrected chi connectivity index (χ2v) is 12.1. The molecule has 0 radical (unpaired) electrons. The molecule has 3 rings (SSSR count). The summed E-state index contributed by atoms with van der Waals surface area (Å²) < 4.78 is 0. The Morgan fingerprint density at radius 2 is 0.786 bits per heavy atom. The van der Waals surface area contributed by atoms with E-state index in [0.717, 1.165) is 22.3 Å². The quantitative estimate of drug-likeness (QED) is 0.227. The summed E-state index contributed by atoms with van der Waals surface area (Å²) in [6, 6.07) is 28.1. The Morgan fingerprint density at radius 3 is 1.05 bits per heavy atom. The van der Waals surface area contributed by atoms with Gasteiger partial charge < -0.3 is 0 Å². The van der Waals surface area contributed by atoms with Crippen LogP contribution in [0.3, 0.4) is 0 Å². The zero-order valence-electron chi connectivity index (χ0n) is 25.0. The van der Waals surface area contributed by atoms with Crippen molar-refractivity contribution in [3.05, 3.63) is 116 Å². The molecule has 0 aromatic heterocycles. The number of hydrogen-bond donors (Lipinski definition) is 0. The Bertz CT molecular complexity index is 1570. The van der Waals surface area contributed by atoms with Gasteiger partial charge in [0.1, 0.15) is 35.4 Å². The molecule has 0 aliphatic carbocycles. The van der Waals surface area contributed by atoms with Gasteiger partial charge in [-0.15, -0.1) is 0 Å². The Balaban J connectivity index is 2.17. The first kappa shape index (κ1) is 31.1. The topological polar surface area (TPSA) is 95.2 Å². The summed E-state index contributed by atoms with van der Waals surface area (Å²) in [6.45, 7) is 13.0. The van der Waals surface area contributed by atoms with Crippen molar-refractivity contribution in [1.29, 1.82) is 21.0 Å². The summed E-state index contributed by atoms with van der Waals surface area (Å²) >= 11 is 0. The predicted molar refractivity (Wildman–Crippen MR) is 173 cm³/mol. The van der Waals surface area contributed by atoms with Gasteiger partial charge in [0.15, 0.2) is 0 Å². The van der Waals surface area contributed by atoms with Gasteiger partial charge in [-0.2, -0.15) is 21.0 Å². The first-order valence-electron chi connectivity index (χ1n) is 13.7. The van der Waals surface area contributed by atoms with Crippen LogP contribution < -0.4 is 0 Å². The molecule has 0 spiro atoms. The minimum atomic E-state index is -0.0232. The van der Waals surface area contributed by atoms with Gasteiger partial charge in [-0.3, -0.25) is 0 Å². The van der Waals surface area contributed by atoms with Gasteiger partial charge in [-0.05, 0) is 79.6 Å². The lowest BCUT2D eigenvalue weighted by Gasteiger charge is -2.18. The van der Waals surface area contributed by atoms with E-state index < -0.39 is 0 Å². The Morgan fingerprint density at radius 1 is 0.476 bits per heavy atom. The van der Waals surface area contributed by atoms with Crippen LogP contribution in [0.25, 0.3) is 36.5 Å². The molecule has 3 aromatic carbocycles. The fourth-order valence-corrected chi connectivity index (χ4v) is 4.26. The van der Waals surface area contributed by atoms with Crippen molar-refractivity contribution in [2.75, 3.05) is 0 Å².